The van der Waals surface area contributed by atoms with Gasteiger partial charge in [-0.25, -0.2) is 19.9 Å². The third-order valence-electron chi connectivity index (χ3n) is 9.00. The molecule has 1 aliphatic carbocycles. The molecular formula is C30H42N8O4. The van der Waals surface area contributed by atoms with Crippen LogP contribution in [0.5, 0.6) is 0 Å². The fraction of sp³-hybridized carbons (Fsp3) is 0.600. The summed E-state index contributed by atoms with van der Waals surface area (Å²) in [5.41, 5.74) is 6.25. The van der Waals surface area contributed by atoms with Crippen molar-refractivity contribution in [3.63, 3.8) is 0 Å². The van der Waals surface area contributed by atoms with E-state index in [1.54, 1.807) is 4.57 Å². The van der Waals surface area contributed by atoms with Crippen LogP contribution in [-0.4, -0.2) is 86.7 Å². The van der Waals surface area contributed by atoms with Crippen LogP contribution >= 0.6 is 0 Å². The van der Waals surface area contributed by atoms with Crippen molar-refractivity contribution in [1.29, 1.82) is 0 Å². The number of imidazole rings is 2. The predicted octanol–water partition coefficient (Wildman–Crippen LogP) is 3.54. The maximum absolute atomic E-state index is 11.0. The zero-order chi connectivity index (χ0) is 29.8. The number of aryl methyl sites for hydroxylation is 1. The lowest BCUT2D eigenvalue weighted by Crippen LogP contribution is -2.52. The highest BCUT2D eigenvalue weighted by molar-refractivity contribution is 5.82. The van der Waals surface area contributed by atoms with E-state index in [9.17, 15) is 15.4 Å². The molecule has 0 amide bonds. The average molecular weight is 579 g/mol. The van der Waals surface area contributed by atoms with Gasteiger partial charge in [-0.3, -0.25) is 20.2 Å². The van der Waals surface area contributed by atoms with Crippen LogP contribution in [0.4, 0.5) is 5.82 Å². The van der Waals surface area contributed by atoms with E-state index < -0.39 is 24.5 Å². The van der Waals surface area contributed by atoms with Crippen LogP contribution in [0.25, 0.3) is 22.2 Å². The minimum Gasteiger partial charge on any atom is -0.387 e. The van der Waals surface area contributed by atoms with E-state index in [1.165, 1.54) is 18.2 Å². The molecule has 5 N–H and O–H groups in total. The molecule has 12 nitrogen and oxygen atoms in total. The normalized spacial score (nSPS) is 26.5. The van der Waals surface area contributed by atoms with Crippen molar-refractivity contribution in [3.05, 3.63) is 42.2 Å². The van der Waals surface area contributed by atoms with Gasteiger partial charge in [0.05, 0.1) is 17.4 Å². The van der Waals surface area contributed by atoms with E-state index in [2.05, 4.69) is 77.7 Å². The Hall–Kier alpha value is -3.16. The quantitative estimate of drug-likeness (QED) is 0.186. The number of nitrogens with one attached hydrogen (secondary N) is 2. The highest BCUT2D eigenvalue weighted by Crippen LogP contribution is 2.38. The Morgan fingerprint density at radius 3 is 2.64 bits per heavy atom. The summed E-state index contributed by atoms with van der Waals surface area (Å²) in [6, 6.07) is 7.18. The molecular weight excluding hydrogens is 536 g/mol. The van der Waals surface area contributed by atoms with Crippen LogP contribution in [-0.2, 0) is 16.6 Å². The molecule has 226 valence electrons. The summed E-state index contributed by atoms with van der Waals surface area (Å²) in [4.78, 5) is 23.2. The third kappa shape index (κ3) is 5.37. The second-order valence-electron chi connectivity index (χ2n) is 13.2. The van der Waals surface area contributed by atoms with Gasteiger partial charge < -0.3 is 19.9 Å². The average Bonchev–Trinajstić information content (AvgIpc) is 3.61. The van der Waals surface area contributed by atoms with E-state index in [0.717, 1.165) is 42.5 Å². The summed E-state index contributed by atoms with van der Waals surface area (Å²) in [7, 11) is 0. The summed E-state index contributed by atoms with van der Waals surface area (Å²) in [6.07, 6.45) is 3.29. The van der Waals surface area contributed by atoms with Gasteiger partial charge in [-0.2, -0.15) is 0 Å². The molecule has 0 spiro atoms. The molecule has 3 aromatic heterocycles. The van der Waals surface area contributed by atoms with E-state index in [0.29, 0.717) is 29.7 Å². The number of hydrogen-bond acceptors (Lipinski definition) is 10. The fourth-order valence-corrected chi connectivity index (χ4v) is 6.41. The maximum Gasteiger partial charge on any atom is 0.181 e. The molecule has 6 rings (SSSR count). The molecule has 4 heterocycles. The monoisotopic (exact) mass is 578 g/mol. The van der Waals surface area contributed by atoms with Gasteiger partial charge in [-0.1, -0.05) is 26.8 Å². The summed E-state index contributed by atoms with van der Waals surface area (Å²) in [5.74, 6) is 1.82. The minimum atomic E-state index is -1.15. The Morgan fingerprint density at radius 1 is 1.14 bits per heavy atom. The smallest absolute Gasteiger partial charge is 0.181 e. The molecule has 0 radical (unpaired) electrons. The van der Waals surface area contributed by atoms with E-state index in [4.69, 9.17) is 9.72 Å². The number of hydrogen-bond donors (Lipinski definition) is 5. The predicted molar refractivity (Wildman–Crippen MR) is 158 cm³/mol. The van der Waals surface area contributed by atoms with Gasteiger partial charge in [0.2, 0.25) is 0 Å². The van der Waals surface area contributed by atoms with E-state index in [1.807, 2.05) is 5.48 Å². The van der Waals surface area contributed by atoms with Crippen molar-refractivity contribution in [3.8, 4) is 0 Å². The van der Waals surface area contributed by atoms with Crippen LogP contribution in [0.1, 0.15) is 71.5 Å². The van der Waals surface area contributed by atoms with Crippen molar-refractivity contribution in [2.24, 2.45) is 5.92 Å². The zero-order valence-electron chi connectivity index (χ0n) is 24.9. The second kappa shape index (κ2) is 11.2. The van der Waals surface area contributed by atoms with Crippen molar-refractivity contribution in [1.82, 2.24) is 34.4 Å². The first kappa shape index (κ1) is 28.9. The second-order valence-corrected chi connectivity index (χ2v) is 13.2. The van der Waals surface area contributed by atoms with Crippen molar-refractivity contribution < 1.29 is 20.2 Å². The fourth-order valence-electron chi connectivity index (χ4n) is 6.41. The lowest BCUT2D eigenvalue weighted by molar-refractivity contribution is -0.0620. The largest absolute Gasteiger partial charge is 0.387 e. The number of aromatic amines is 1. The highest BCUT2D eigenvalue weighted by Gasteiger charge is 2.46. The number of fused-ring (bicyclic) bond motifs is 2. The topological polar surface area (TPSA) is 157 Å². The number of rotatable bonds is 9. The molecule has 1 saturated heterocycles. The van der Waals surface area contributed by atoms with E-state index >= 15 is 0 Å². The number of aromatic nitrogens is 6. The number of nitrogens with zero attached hydrogens (tertiary/aromatic N) is 6. The first-order chi connectivity index (χ1) is 20.0. The SMILES string of the molecule is CC(C)N(C[C@H]1O[C@@H](n2cnc3c(NO)ncnc32)[C@H](O)[C@@H]1O)[C@H]1C[C@H](CCc2nc3cc(C(C)(C)C)ccc3[nH]2)C1. The van der Waals surface area contributed by atoms with Gasteiger partial charge >= 0.3 is 0 Å². The number of anilines is 1. The number of aliphatic hydroxyl groups is 2. The van der Waals surface area contributed by atoms with Crippen LogP contribution in [0.3, 0.4) is 0 Å². The van der Waals surface area contributed by atoms with Crippen LogP contribution in [0, 0.1) is 5.92 Å². The van der Waals surface area contributed by atoms with Gasteiger partial charge in [0.15, 0.2) is 23.2 Å². The number of ether oxygens (including phenoxy) is 1. The number of benzene rings is 1. The van der Waals surface area contributed by atoms with E-state index in [-0.39, 0.29) is 17.3 Å². The Balaban J connectivity index is 1.06. The molecule has 42 heavy (non-hydrogen) atoms. The lowest BCUT2D eigenvalue weighted by Gasteiger charge is -2.46. The van der Waals surface area contributed by atoms with Gasteiger partial charge in [-0.15, -0.1) is 0 Å². The molecule has 0 bridgehead atoms. The van der Waals surface area contributed by atoms with Crippen LogP contribution in [0.2, 0.25) is 0 Å². The minimum absolute atomic E-state index is 0.0972. The number of aliphatic hydroxyl groups excluding tert-OH is 2. The van der Waals surface area contributed by atoms with Gasteiger partial charge in [0, 0.05) is 25.0 Å². The molecule has 1 aliphatic heterocycles. The molecule has 1 saturated carbocycles. The van der Waals surface area contributed by atoms with Gasteiger partial charge in [-0.05, 0) is 62.1 Å². The highest BCUT2D eigenvalue weighted by atomic mass is 16.6. The van der Waals surface area contributed by atoms with Crippen LogP contribution < -0.4 is 5.48 Å². The van der Waals surface area contributed by atoms with Crippen LogP contribution in [0.15, 0.2) is 30.9 Å². The summed E-state index contributed by atoms with van der Waals surface area (Å²) in [6.45, 7) is 11.5. The first-order valence-corrected chi connectivity index (χ1v) is 14.9. The standard InChI is InChI=1S/C30H42N8O4/c1-16(2)37(13-22-25(39)26(40)29(42-22)38-15-33-24-27(36-41)31-14-32-28(24)38)19-10-17(11-19)6-9-23-34-20-8-7-18(30(3,4)5)12-21(20)35-23/h7-8,12,14-17,19,22,25-26,29,39-41H,6,9-11,13H2,1-5H3,(H,34,35)(H,31,32,36)/t17-,19-,22-,25-,26-,29-/m1/s1. The molecule has 4 aromatic rings. The molecule has 4 atom stereocenters. The first-order valence-electron chi connectivity index (χ1n) is 14.9. The molecule has 2 fully saturated rings. The third-order valence-corrected chi connectivity index (χ3v) is 9.00. The molecule has 2 aliphatic rings. The van der Waals surface area contributed by atoms with Gasteiger partial charge in [0.25, 0.3) is 0 Å². The molecule has 0 unspecified atom stereocenters. The molecule has 1 aromatic carbocycles. The maximum atomic E-state index is 11.0. The summed E-state index contributed by atoms with van der Waals surface area (Å²) < 4.78 is 7.80. The zero-order valence-corrected chi connectivity index (χ0v) is 24.9. The Labute approximate surface area is 245 Å². The summed E-state index contributed by atoms with van der Waals surface area (Å²) in [5, 5.41) is 31.2. The Morgan fingerprint density at radius 2 is 1.93 bits per heavy atom. The van der Waals surface area contributed by atoms with Crippen molar-refractivity contribution in [2.45, 2.75) is 102 Å². The Bertz CT molecular complexity index is 1540. The lowest BCUT2D eigenvalue weighted by atomic mass is 9.76. The van der Waals surface area contributed by atoms with Crippen molar-refractivity contribution in [2.75, 3.05) is 12.0 Å². The summed E-state index contributed by atoms with van der Waals surface area (Å²) >= 11 is 0. The van der Waals surface area contributed by atoms with Gasteiger partial charge in [0.1, 0.15) is 30.5 Å². The molecule has 12 heteroatoms. The Kier molecular flexibility index (Phi) is 7.69. The number of H-pyrrole nitrogens is 1. The van der Waals surface area contributed by atoms with Crippen molar-refractivity contribution >= 4 is 28.0 Å².